The second kappa shape index (κ2) is 6.38. The molecule has 0 spiro atoms. The van der Waals surface area contributed by atoms with E-state index in [4.69, 9.17) is 16.3 Å². The molecule has 0 atom stereocenters. The van der Waals surface area contributed by atoms with Gasteiger partial charge in [0.2, 0.25) is 5.91 Å². The highest BCUT2D eigenvalue weighted by Crippen LogP contribution is 2.21. The maximum atomic E-state index is 11.1. The normalized spacial score (nSPS) is 9.94. The highest BCUT2D eigenvalue weighted by atomic mass is 35.5. The van der Waals surface area contributed by atoms with Crippen molar-refractivity contribution in [2.24, 2.45) is 0 Å². The first-order valence-electron chi connectivity index (χ1n) is 5.26. The SMILES string of the molecule is CCCOc1ccc(NC(=O)CCl)c(C)c1. The van der Waals surface area contributed by atoms with Crippen LogP contribution in [0.4, 0.5) is 5.69 Å². The van der Waals surface area contributed by atoms with Crippen LogP contribution < -0.4 is 10.1 Å². The maximum absolute atomic E-state index is 11.1. The molecule has 3 nitrogen and oxygen atoms in total. The topological polar surface area (TPSA) is 38.3 Å². The molecule has 1 rings (SSSR count). The Bertz CT molecular complexity index is 366. The number of halogens is 1. The molecule has 0 unspecified atom stereocenters. The van der Waals surface area contributed by atoms with Crippen LogP contribution in [0, 0.1) is 6.92 Å². The molecular weight excluding hydrogens is 226 g/mol. The van der Waals surface area contributed by atoms with Gasteiger partial charge in [-0.1, -0.05) is 6.92 Å². The Labute approximate surface area is 101 Å². The third kappa shape index (κ3) is 3.74. The average Bonchev–Trinajstić information content (AvgIpc) is 2.29. The fraction of sp³-hybridized carbons (Fsp3) is 0.417. The Balaban J connectivity index is 2.71. The predicted octanol–water partition coefficient (Wildman–Crippen LogP) is 2.96. The number of benzene rings is 1. The summed E-state index contributed by atoms with van der Waals surface area (Å²) in [4.78, 5) is 11.1. The molecule has 1 amide bonds. The highest BCUT2D eigenvalue weighted by molar-refractivity contribution is 6.29. The number of hydrogen-bond donors (Lipinski definition) is 1. The van der Waals surface area contributed by atoms with Crippen molar-refractivity contribution in [3.63, 3.8) is 0 Å². The van der Waals surface area contributed by atoms with Gasteiger partial charge in [-0.05, 0) is 37.1 Å². The van der Waals surface area contributed by atoms with E-state index in [0.717, 1.165) is 23.4 Å². The zero-order valence-electron chi connectivity index (χ0n) is 9.55. The van der Waals surface area contributed by atoms with E-state index in [0.29, 0.717) is 6.61 Å². The van der Waals surface area contributed by atoms with Crippen LogP contribution in [0.1, 0.15) is 18.9 Å². The Kier molecular flexibility index (Phi) is 5.12. The molecular formula is C12H16ClNO2. The monoisotopic (exact) mass is 241 g/mol. The molecule has 0 fully saturated rings. The van der Waals surface area contributed by atoms with Gasteiger partial charge in [0.15, 0.2) is 0 Å². The van der Waals surface area contributed by atoms with Gasteiger partial charge in [0, 0.05) is 5.69 Å². The largest absolute Gasteiger partial charge is 0.494 e. The van der Waals surface area contributed by atoms with Crippen molar-refractivity contribution in [2.75, 3.05) is 17.8 Å². The van der Waals surface area contributed by atoms with Gasteiger partial charge in [0.25, 0.3) is 0 Å². The second-order valence-electron chi connectivity index (χ2n) is 3.51. The van der Waals surface area contributed by atoms with Crippen LogP contribution in [0.3, 0.4) is 0 Å². The van der Waals surface area contributed by atoms with Crippen molar-refractivity contribution in [1.29, 1.82) is 0 Å². The average molecular weight is 242 g/mol. The molecule has 0 saturated carbocycles. The van der Waals surface area contributed by atoms with Crippen molar-refractivity contribution in [2.45, 2.75) is 20.3 Å². The number of hydrogen-bond acceptors (Lipinski definition) is 2. The molecule has 88 valence electrons. The van der Waals surface area contributed by atoms with E-state index in [1.165, 1.54) is 0 Å². The number of rotatable bonds is 5. The van der Waals surface area contributed by atoms with E-state index >= 15 is 0 Å². The fourth-order valence-corrected chi connectivity index (χ4v) is 1.34. The fourth-order valence-electron chi connectivity index (χ4n) is 1.27. The Morgan fingerprint density at radius 1 is 1.50 bits per heavy atom. The molecule has 0 saturated heterocycles. The third-order valence-corrected chi connectivity index (χ3v) is 2.31. The predicted molar refractivity (Wildman–Crippen MR) is 66.3 cm³/mol. The summed E-state index contributed by atoms with van der Waals surface area (Å²) in [5.41, 5.74) is 1.74. The summed E-state index contributed by atoms with van der Waals surface area (Å²) < 4.78 is 5.48. The summed E-state index contributed by atoms with van der Waals surface area (Å²) in [5, 5.41) is 2.72. The Hall–Kier alpha value is -1.22. The van der Waals surface area contributed by atoms with Crippen LogP contribution in [0.15, 0.2) is 18.2 Å². The van der Waals surface area contributed by atoms with Gasteiger partial charge in [-0.3, -0.25) is 4.79 Å². The second-order valence-corrected chi connectivity index (χ2v) is 3.77. The molecule has 1 N–H and O–H groups in total. The number of anilines is 1. The van der Waals surface area contributed by atoms with E-state index in [-0.39, 0.29) is 11.8 Å². The van der Waals surface area contributed by atoms with Crippen molar-refractivity contribution >= 4 is 23.2 Å². The lowest BCUT2D eigenvalue weighted by molar-refractivity contribution is -0.113. The first-order chi connectivity index (χ1) is 7.67. The summed E-state index contributed by atoms with van der Waals surface area (Å²) in [6.07, 6.45) is 0.976. The number of carbonyl (C=O) groups excluding carboxylic acids is 1. The van der Waals surface area contributed by atoms with Gasteiger partial charge in [0.05, 0.1) is 6.61 Å². The highest BCUT2D eigenvalue weighted by Gasteiger charge is 2.04. The van der Waals surface area contributed by atoms with E-state index in [9.17, 15) is 4.79 Å². The first-order valence-corrected chi connectivity index (χ1v) is 5.80. The molecule has 16 heavy (non-hydrogen) atoms. The minimum Gasteiger partial charge on any atom is -0.494 e. The summed E-state index contributed by atoms with van der Waals surface area (Å²) in [6.45, 7) is 4.68. The molecule has 0 aliphatic heterocycles. The van der Waals surface area contributed by atoms with Gasteiger partial charge in [0.1, 0.15) is 11.6 Å². The molecule has 0 radical (unpaired) electrons. The quantitative estimate of drug-likeness (QED) is 0.805. The summed E-state index contributed by atoms with van der Waals surface area (Å²) in [7, 11) is 0. The smallest absolute Gasteiger partial charge is 0.239 e. The number of alkyl halides is 1. The molecule has 0 aliphatic carbocycles. The summed E-state index contributed by atoms with van der Waals surface area (Å²) in [5.74, 6) is 0.586. The van der Waals surface area contributed by atoms with Crippen LogP contribution in [0.5, 0.6) is 5.75 Å². The molecule has 0 heterocycles. The third-order valence-electron chi connectivity index (χ3n) is 2.07. The number of aryl methyl sites for hydroxylation is 1. The zero-order valence-corrected chi connectivity index (χ0v) is 10.3. The van der Waals surface area contributed by atoms with E-state index in [1.807, 2.05) is 25.1 Å². The molecule has 1 aromatic carbocycles. The minimum atomic E-state index is -0.202. The van der Waals surface area contributed by atoms with Crippen LogP contribution in [0.2, 0.25) is 0 Å². The molecule has 0 aliphatic rings. The van der Waals surface area contributed by atoms with Crippen molar-refractivity contribution in [3.8, 4) is 5.75 Å². The van der Waals surface area contributed by atoms with Crippen molar-refractivity contribution in [1.82, 2.24) is 0 Å². The Morgan fingerprint density at radius 2 is 2.25 bits per heavy atom. The lowest BCUT2D eigenvalue weighted by Crippen LogP contribution is -2.13. The van der Waals surface area contributed by atoms with Gasteiger partial charge < -0.3 is 10.1 Å². The van der Waals surface area contributed by atoms with Crippen LogP contribution in [-0.2, 0) is 4.79 Å². The molecule has 0 bridgehead atoms. The lowest BCUT2D eigenvalue weighted by atomic mass is 10.2. The van der Waals surface area contributed by atoms with Crippen LogP contribution in [-0.4, -0.2) is 18.4 Å². The Morgan fingerprint density at radius 3 is 2.81 bits per heavy atom. The standard InChI is InChI=1S/C12H16ClNO2/c1-3-6-16-10-4-5-11(9(2)7-10)14-12(15)8-13/h4-5,7H,3,6,8H2,1-2H3,(H,14,15). The number of nitrogens with one attached hydrogen (secondary N) is 1. The van der Waals surface area contributed by atoms with E-state index in [1.54, 1.807) is 0 Å². The summed E-state index contributed by atoms with van der Waals surface area (Å²) >= 11 is 5.42. The first kappa shape index (κ1) is 12.8. The molecule has 4 heteroatoms. The van der Waals surface area contributed by atoms with E-state index in [2.05, 4.69) is 12.2 Å². The molecule has 0 aromatic heterocycles. The van der Waals surface area contributed by atoms with E-state index < -0.39 is 0 Å². The summed E-state index contributed by atoms with van der Waals surface area (Å²) in [6, 6.07) is 5.57. The van der Waals surface area contributed by atoms with Gasteiger partial charge in [-0.2, -0.15) is 0 Å². The van der Waals surface area contributed by atoms with Gasteiger partial charge >= 0.3 is 0 Å². The van der Waals surface area contributed by atoms with Gasteiger partial charge in [-0.25, -0.2) is 0 Å². The maximum Gasteiger partial charge on any atom is 0.239 e. The van der Waals surface area contributed by atoms with Crippen molar-refractivity contribution < 1.29 is 9.53 Å². The van der Waals surface area contributed by atoms with Gasteiger partial charge in [-0.15, -0.1) is 11.6 Å². The minimum absolute atomic E-state index is 0.0342. The number of ether oxygens (including phenoxy) is 1. The molecule has 1 aromatic rings. The zero-order chi connectivity index (χ0) is 12.0. The van der Waals surface area contributed by atoms with Crippen LogP contribution >= 0.6 is 11.6 Å². The van der Waals surface area contributed by atoms with Crippen molar-refractivity contribution in [3.05, 3.63) is 23.8 Å². The lowest BCUT2D eigenvalue weighted by Gasteiger charge is -2.10. The number of amides is 1. The number of carbonyl (C=O) groups is 1. The van der Waals surface area contributed by atoms with Crippen LogP contribution in [0.25, 0.3) is 0 Å².